The van der Waals surface area contributed by atoms with Crippen molar-refractivity contribution in [1.82, 2.24) is 15.1 Å². The molecule has 2 aromatic heterocycles. The molecule has 116 valence electrons. The number of imidazole rings is 1. The number of H-pyrrole nitrogens is 1. The third-order valence-electron chi connectivity index (χ3n) is 4.22. The van der Waals surface area contributed by atoms with E-state index >= 15 is 0 Å². The van der Waals surface area contributed by atoms with Gasteiger partial charge in [0.2, 0.25) is 5.95 Å². The highest BCUT2D eigenvalue weighted by Gasteiger charge is 2.32. The minimum atomic E-state index is -0.298. The fourth-order valence-corrected chi connectivity index (χ4v) is 2.83. The summed E-state index contributed by atoms with van der Waals surface area (Å²) in [4.78, 5) is 19.4. The van der Waals surface area contributed by atoms with Crippen LogP contribution in [0, 0.1) is 0 Å². The summed E-state index contributed by atoms with van der Waals surface area (Å²) >= 11 is 0. The van der Waals surface area contributed by atoms with Crippen molar-refractivity contribution in [2.75, 3.05) is 5.32 Å². The van der Waals surface area contributed by atoms with Crippen LogP contribution < -0.4 is 5.32 Å². The van der Waals surface area contributed by atoms with Crippen LogP contribution in [0.3, 0.4) is 0 Å². The summed E-state index contributed by atoms with van der Waals surface area (Å²) < 4.78 is 5.54. The molecule has 3 aromatic rings. The van der Waals surface area contributed by atoms with Crippen molar-refractivity contribution < 1.29 is 9.32 Å². The van der Waals surface area contributed by atoms with Crippen LogP contribution in [0.2, 0.25) is 0 Å². The average Bonchev–Trinajstić information content (AvgIpc) is 3.16. The number of hydrogen-bond acceptors (Lipinski definition) is 4. The van der Waals surface area contributed by atoms with Gasteiger partial charge in [0.05, 0.1) is 0 Å². The van der Waals surface area contributed by atoms with Crippen LogP contribution in [-0.2, 0) is 0 Å². The van der Waals surface area contributed by atoms with Gasteiger partial charge in [0.15, 0.2) is 11.5 Å². The summed E-state index contributed by atoms with van der Waals surface area (Å²) in [6.45, 7) is 0. The Morgan fingerprint density at radius 3 is 2.74 bits per heavy atom. The van der Waals surface area contributed by atoms with E-state index in [-0.39, 0.29) is 5.91 Å². The molecule has 2 heterocycles. The van der Waals surface area contributed by atoms with E-state index in [2.05, 4.69) is 20.4 Å². The van der Waals surface area contributed by atoms with Gasteiger partial charge in [-0.05, 0) is 18.8 Å². The van der Waals surface area contributed by atoms with Crippen LogP contribution in [-0.4, -0.2) is 21.0 Å². The summed E-state index contributed by atoms with van der Waals surface area (Å²) in [6.07, 6.45) is 6.52. The van der Waals surface area contributed by atoms with Gasteiger partial charge >= 0.3 is 0 Å². The van der Waals surface area contributed by atoms with Crippen molar-refractivity contribution in [3.63, 3.8) is 0 Å². The third-order valence-corrected chi connectivity index (χ3v) is 4.22. The first-order chi connectivity index (χ1) is 11.3. The van der Waals surface area contributed by atoms with Crippen LogP contribution >= 0.6 is 0 Å². The number of aromatic nitrogens is 3. The van der Waals surface area contributed by atoms with Gasteiger partial charge in [-0.3, -0.25) is 10.1 Å². The zero-order valence-electron chi connectivity index (χ0n) is 12.5. The zero-order valence-corrected chi connectivity index (χ0v) is 12.5. The molecule has 0 spiro atoms. The Hall–Kier alpha value is -2.89. The largest absolute Gasteiger partial charge is 0.355 e. The molecule has 1 amide bonds. The minimum Gasteiger partial charge on any atom is -0.355 e. The molecule has 0 aliphatic heterocycles. The van der Waals surface area contributed by atoms with Crippen molar-refractivity contribution in [2.24, 2.45) is 0 Å². The lowest BCUT2D eigenvalue weighted by atomic mass is 9.78. The lowest BCUT2D eigenvalue weighted by molar-refractivity contribution is 0.101. The quantitative estimate of drug-likeness (QED) is 0.771. The molecular formula is C17H16N4O2. The lowest BCUT2D eigenvalue weighted by Gasteiger charge is -2.25. The summed E-state index contributed by atoms with van der Waals surface area (Å²) in [5.74, 6) is 1.13. The number of carbonyl (C=O) groups is 1. The van der Waals surface area contributed by atoms with Gasteiger partial charge < -0.3 is 9.51 Å². The summed E-state index contributed by atoms with van der Waals surface area (Å²) in [7, 11) is 0. The van der Waals surface area contributed by atoms with Crippen molar-refractivity contribution in [2.45, 2.75) is 25.2 Å². The maximum absolute atomic E-state index is 12.5. The molecule has 2 N–H and O–H groups in total. The number of rotatable bonds is 4. The highest BCUT2D eigenvalue weighted by atomic mass is 16.5. The van der Waals surface area contributed by atoms with Gasteiger partial charge in [0.25, 0.3) is 5.91 Å². The zero-order chi connectivity index (χ0) is 15.6. The molecule has 6 heteroatoms. The van der Waals surface area contributed by atoms with E-state index in [1.54, 1.807) is 12.4 Å². The fraction of sp³-hybridized carbons (Fsp3) is 0.235. The summed E-state index contributed by atoms with van der Waals surface area (Å²) in [6, 6.07) is 9.79. The summed E-state index contributed by atoms with van der Waals surface area (Å²) in [5, 5.41) is 6.77. The van der Waals surface area contributed by atoms with Crippen LogP contribution in [0.5, 0.6) is 0 Å². The normalized spacial score (nSPS) is 14.4. The molecule has 0 saturated heterocycles. The number of hydrogen-bond donors (Lipinski definition) is 2. The number of nitrogens with one attached hydrogen (secondary N) is 2. The molecule has 1 aliphatic rings. The second kappa shape index (κ2) is 5.72. The Bertz CT molecular complexity index is 805. The predicted molar refractivity (Wildman–Crippen MR) is 85.1 cm³/mol. The molecule has 6 nitrogen and oxygen atoms in total. The molecule has 0 atom stereocenters. The van der Waals surface area contributed by atoms with Gasteiger partial charge in [0.1, 0.15) is 0 Å². The number of amides is 1. The first-order valence-electron chi connectivity index (χ1n) is 7.68. The fourth-order valence-electron chi connectivity index (χ4n) is 2.83. The first-order valence-corrected chi connectivity index (χ1v) is 7.68. The molecular weight excluding hydrogens is 292 g/mol. The number of aromatic amines is 1. The number of carbonyl (C=O) groups excluding carboxylic acids is 1. The van der Waals surface area contributed by atoms with E-state index in [0.29, 0.717) is 23.3 Å². The van der Waals surface area contributed by atoms with Crippen LogP contribution in [0.4, 0.5) is 5.95 Å². The molecule has 4 rings (SSSR count). The molecule has 1 aromatic carbocycles. The van der Waals surface area contributed by atoms with E-state index in [0.717, 1.165) is 24.0 Å². The SMILES string of the molecule is O=C(Nc1ncc[nH]1)c1noc(-c2ccccc2)c1C1CCC1. The number of benzene rings is 1. The molecule has 1 fully saturated rings. The van der Waals surface area contributed by atoms with Crippen molar-refractivity contribution >= 4 is 11.9 Å². The highest BCUT2D eigenvalue weighted by molar-refractivity contribution is 6.04. The lowest BCUT2D eigenvalue weighted by Crippen LogP contribution is -2.19. The number of anilines is 1. The van der Waals surface area contributed by atoms with E-state index < -0.39 is 0 Å². The Balaban J connectivity index is 1.72. The third kappa shape index (κ3) is 2.52. The minimum absolute atomic E-state index is 0.298. The highest BCUT2D eigenvalue weighted by Crippen LogP contribution is 2.43. The van der Waals surface area contributed by atoms with Gasteiger partial charge in [-0.1, -0.05) is 41.9 Å². The predicted octanol–water partition coefficient (Wildman–Crippen LogP) is 3.58. The smallest absolute Gasteiger partial charge is 0.280 e. The van der Waals surface area contributed by atoms with E-state index in [1.165, 1.54) is 6.42 Å². The molecule has 0 radical (unpaired) electrons. The standard InChI is InChI=1S/C17H16N4O2/c22-16(20-17-18-9-10-19-17)14-13(11-7-4-8-11)15(23-21-14)12-5-2-1-3-6-12/h1-3,5-6,9-11H,4,7-8H2,(H2,18,19,20,22). The van der Waals surface area contributed by atoms with E-state index in [4.69, 9.17) is 4.52 Å². The molecule has 1 aliphatic carbocycles. The van der Waals surface area contributed by atoms with Crippen LogP contribution in [0.25, 0.3) is 11.3 Å². The number of nitrogens with zero attached hydrogens (tertiary/aromatic N) is 2. The average molecular weight is 308 g/mol. The van der Waals surface area contributed by atoms with Gasteiger partial charge in [0, 0.05) is 23.5 Å². The van der Waals surface area contributed by atoms with Gasteiger partial charge in [-0.15, -0.1) is 0 Å². The van der Waals surface area contributed by atoms with Crippen molar-refractivity contribution in [3.05, 3.63) is 54.0 Å². The van der Waals surface area contributed by atoms with Gasteiger partial charge in [-0.25, -0.2) is 4.98 Å². The second-order valence-electron chi connectivity index (χ2n) is 5.66. The van der Waals surface area contributed by atoms with Crippen LogP contribution in [0.1, 0.15) is 41.2 Å². The van der Waals surface area contributed by atoms with Crippen molar-refractivity contribution in [1.29, 1.82) is 0 Å². The Morgan fingerprint density at radius 2 is 2.09 bits per heavy atom. The first kappa shape index (κ1) is 13.8. The molecule has 23 heavy (non-hydrogen) atoms. The molecule has 0 bridgehead atoms. The topological polar surface area (TPSA) is 83.8 Å². The maximum atomic E-state index is 12.5. The second-order valence-corrected chi connectivity index (χ2v) is 5.66. The maximum Gasteiger partial charge on any atom is 0.280 e. The summed E-state index contributed by atoms with van der Waals surface area (Å²) in [5.41, 5.74) is 2.20. The van der Waals surface area contributed by atoms with Crippen LogP contribution in [0.15, 0.2) is 47.2 Å². The Kier molecular flexibility index (Phi) is 3.42. The molecule has 0 unspecified atom stereocenters. The van der Waals surface area contributed by atoms with E-state index in [1.807, 2.05) is 30.3 Å². The van der Waals surface area contributed by atoms with Gasteiger partial charge in [-0.2, -0.15) is 0 Å². The van der Waals surface area contributed by atoms with Crippen molar-refractivity contribution in [3.8, 4) is 11.3 Å². The van der Waals surface area contributed by atoms with E-state index in [9.17, 15) is 4.79 Å². The monoisotopic (exact) mass is 308 g/mol. The Morgan fingerprint density at radius 1 is 1.26 bits per heavy atom. The molecule has 1 saturated carbocycles. The Labute approximate surface area is 132 Å².